The van der Waals surface area contributed by atoms with Crippen molar-refractivity contribution >= 4 is 5.78 Å². The van der Waals surface area contributed by atoms with E-state index in [4.69, 9.17) is 9.15 Å². The first-order chi connectivity index (χ1) is 6.65. The molecule has 1 atom stereocenters. The molecule has 0 spiro atoms. The van der Waals surface area contributed by atoms with Crippen molar-refractivity contribution < 1.29 is 13.9 Å². The SMILES string of the molecule is COC(CC(=O)c1ccoc1)C(C)C. The van der Waals surface area contributed by atoms with Crippen LogP contribution in [0.3, 0.4) is 0 Å². The lowest BCUT2D eigenvalue weighted by Crippen LogP contribution is -2.21. The van der Waals surface area contributed by atoms with Crippen molar-refractivity contribution in [2.45, 2.75) is 26.4 Å². The van der Waals surface area contributed by atoms with E-state index in [0.29, 0.717) is 17.9 Å². The summed E-state index contributed by atoms with van der Waals surface area (Å²) in [6, 6.07) is 1.68. The fourth-order valence-corrected chi connectivity index (χ4v) is 1.31. The van der Waals surface area contributed by atoms with Crippen LogP contribution in [-0.2, 0) is 4.74 Å². The largest absolute Gasteiger partial charge is 0.472 e. The summed E-state index contributed by atoms with van der Waals surface area (Å²) in [5.74, 6) is 0.412. The topological polar surface area (TPSA) is 39.4 Å². The molecule has 1 unspecified atom stereocenters. The Kier molecular flexibility index (Phi) is 3.89. The molecule has 0 aromatic carbocycles. The van der Waals surface area contributed by atoms with Crippen LogP contribution < -0.4 is 0 Å². The van der Waals surface area contributed by atoms with Crippen LogP contribution in [0.25, 0.3) is 0 Å². The number of furan rings is 1. The zero-order valence-corrected chi connectivity index (χ0v) is 8.82. The van der Waals surface area contributed by atoms with E-state index < -0.39 is 0 Å². The molecule has 1 aromatic heterocycles. The minimum Gasteiger partial charge on any atom is -0.472 e. The maximum absolute atomic E-state index is 11.6. The Balaban J connectivity index is 2.56. The number of ketones is 1. The predicted molar refractivity (Wildman–Crippen MR) is 53.3 cm³/mol. The lowest BCUT2D eigenvalue weighted by atomic mass is 9.99. The van der Waals surface area contributed by atoms with Crippen molar-refractivity contribution in [2.75, 3.05) is 7.11 Å². The molecule has 0 aliphatic heterocycles. The molecule has 1 aromatic rings. The van der Waals surface area contributed by atoms with E-state index in [-0.39, 0.29) is 11.9 Å². The van der Waals surface area contributed by atoms with Gasteiger partial charge in [0.1, 0.15) is 6.26 Å². The van der Waals surface area contributed by atoms with Gasteiger partial charge < -0.3 is 9.15 Å². The average molecular weight is 196 g/mol. The summed E-state index contributed by atoms with van der Waals surface area (Å²) < 4.78 is 10.1. The summed E-state index contributed by atoms with van der Waals surface area (Å²) in [5, 5.41) is 0. The van der Waals surface area contributed by atoms with Crippen LogP contribution in [0.4, 0.5) is 0 Å². The van der Waals surface area contributed by atoms with Gasteiger partial charge >= 0.3 is 0 Å². The maximum Gasteiger partial charge on any atom is 0.168 e. The molecule has 0 bridgehead atoms. The van der Waals surface area contributed by atoms with E-state index in [1.165, 1.54) is 12.5 Å². The highest BCUT2D eigenvalue weighted by Crippen LogP contribution is 2.14. The Morgan fingerprint density at radius 1 is 1.57 bits per heavy atom. The first-order valence-corrected chi connectivity index (χ1v) is 4.73. The summed E-state index contributed by atoms with van der Waals surface area (Å²) in [7, 11) is 1.63. The van der Waals surface area contributed by atoms with Gasteiger partial charge in [0, 0.05) is 13.5 Å². The molecule has 3 heteroatoms. The van der Waals surface area contributed by atoms with Gasteiger partial charge in [0.05, 0.1) is 17.9 Å². The molecule has 0 fully saturated rings. The smallest absolute Gasteiger partial charge is 0.168 e. The van der Waals surface area contributed by atoms with Crippen molar-refractivity contribution in [1.82, 2.24) is 0 Å². The fraction of sp³-hybridized carbons (Fsp3) is 0.545. The van der Waals surface area contributed by atoms with E-state index in [1.54, 1.807) is 13.2 Å². The van der Waals surface area contributed by atoms with Gasteiger partial charge in [-0.25, -0.2) is 0 Å². The van der Waals surface area contributed by atoms with Crippen LogP contribution in [-0.4, -0.2) is 19.0 Å². The second-order valence-electron chi connectivity index (χ2n) is 3.66. The lowest BCUT2D eigenvalue weighted by molar-refractivity contribution is 0.0515. The average Bonchev–Trinajstić information content (AvgIpc) is 2.65. The van der Waals surface area contributed by atoms with Gasteiger partial charge in [-0.05, 0) is 12.0 Å². The van der Waals surface area contributed by atoms with Gasteiger partial charge in [-0.15, -0.1) is 0 Å². The first-order valence-electron chi connectivity index (χ1n) is 4.73. The molecule has 1 rings (SSSR count). The number of rotatable bonds is 5. The molecule has 78 valence electrons. The molecular formula is C11H16O3. The molecule has 0 N–H and O–H groups in total. The Morgan fingerprint density at radius 2 is 2.29 bits per heavy atom. The third-order valence-corrected chi connectivity index (χ3v) is 2.28. The number of carbonyl (C=O) groups excluding carboxylic acids is 1. The first kappa shape index (κ1) is 11.0. The maximum atomic E-state index is 11.6. The van der Waals surface area contributed by atoms with Crippen molar-refractivity contribution in [3.05, 3.63) is 24.2 Å². The van der Waals surface area contributed by atoms with Gasteiger partial charge in [-0.3, -0.25) is 4.79 Å². The van der Waals surface area contributed by atoms with Crippen LogP contribution in [0.15, 0.2) is 23.0 Å². The van der Waals surface area contributed by atoms with Crippen molar-refractivity contribution in [3.63, 3.8) is 0 Å². The molecule has 0 saturated heterocycles. The summed E-state index contributed by atoms with van der Waals surface area (Å²) in [5.41, 5.74) is 0.618. The summed E-state index contributed by atoms with van der Waals surface area (Å²) in [6.45, 7) is 4.08. The van der Waals surface area contributed by atoms with E-state index in [2.05, 4.69) is 0 Å². The summed E-state index contributed by atoms with van der Waals surface area (Å²) >= 11 is 0. The number of hydrogen-bond acceptors (Lipinski definition) is 3. The molecule has 0 radical (unpaired) electrons. The van der Waals surface area contributed by atoms with Crippen molar-refractivity contribution in [2.24, 2.45) is 5.92 Å². The lowest BCUT2D eigenvalue weighted by Gasteiger charge is -2.17. The Hall–Kier alpha value is -1.09. The Labute approximate surface area is 84.1 Å². The van der Waals surface area contributed by atoms with Gasteiger partial charge in [0.2, 0.25) is 0 Å². The second kappa shape index (κ2) is 4.96. The van der Waals surface area contributed by atoms with E-state index in [9.17, 15) is 4.79 Å². The minimum atomic E-state index is -0.0163. The third kappa shape index (κ3) is 2.70. The molecule has 0 aliphatic rings. The zero-order valence-electron chi connectivity index (χ0n) is 8.82. The van der Waals surface area contributed by atoms with Gasteiger partial charge in [0.15, 0.2) is 5.78 Å². The Bertz CT molecular complexity index is 275. The fourth-order valence-electron chi connectivity index (χ4n) is 1.31. The van der Waals surface area contributed by atoms with Crippen LogP contribution in [0, 0.1) is 5.92 Å². The highest BCUT2D eigenvalue weighted by Gasteiger charge is 2.18. The Morgan fingerprint density at radius 3 is 2.71 bits per heavy atom. The molecule has 0 aliphatic carbocycles. The molecule has 1 heterocycles. The number of Topliss-reactive ketones (excluding diaryl/α,β-unsaturated/α-hetero) is 1. The number of carbonyl (C=O) groups is 1. The van der Waals surface area contributed by atoms with Crippen molar-refractivity contribution in [3.8, 4) is 0 Å². The molecular weight excluding hydrogens is 180 g/mol. The predicted octanol–water partition coefficient (Wildman–Crippen LogP) is 2.52. The second-order valence-corrected chi connectivity index (χ2v) is 3.66. The van der Waals surface area contributed by atoms with Gasteiger partial charge in [0.25, 0.3) is 0 Å². The molecule has 0 amide bonds. The number of ether oxygens (including phenoxy) is 1. The third-order valence-electron chi connectivity index (χ3n) is 2.28. The monoisotopic (exact) mass is 196 g/mol. The highest BCUT2D eigenvalue weighted by molar-refractivity contribution is 5.95. The normalized spacial score (nSPS) is 13.1. The molecule has 3 nitrogen and oxygen atoms in total. The van der Waals surface area contributed by atoms with Crippen LogP contribution >= 0.6 is 0 Å². The van der Waals surface area contributed by atoms with E-state index in [1.807, 2.05) is 13.8 Å². The van der Waals surface area contributed by atoms with Crippen LogP contribution in [0.1, 0.15) is 30.6 Å². The minimum absolute atomic E-state index is 0.0163. The summed E-state index contributed by atoms with van der Waals surface area (Å²) in [4.78, 5) is 11.6. The molecule has 14 heavy (non-hydrogen) atoms. The van der Waals surface area contributed by atoms with E-state index in [0.717, 1.165) is 0 Å². The van der Waals surface area contributed by atoms with Crippen LogP contribution in [0.2, 0.25) is 0 Å². The quantitative estimate of drug-likeness (QED) is 0.679. The standard InChI is InChI=1S/C11H16O3/c1-8(2)11(13-3)6-10(12)9-4-5-14-7-9/h4-5,7-8,11H,6H2,1-3H3. The van der Waals surface area contributed by atoms with Gasteiger partial charge in [-0.2, -0.15) is 0 Å². The highest BCUT2D eigenvalue weighted by atomic mass is 16.5. The summed E-state index contributed by atoms with van der Waals surface area (Å²) in [6.07, 6.45) is 3.37. The van der Waals surface area contributed by atoms with Gasteiger partial charge in [-0.1, -0.05) is 13.8 Å². The molecule has 0 saturated carbocycles. The van der Waals surface area contributed by atoms with Crippen LogP contribution in [0.5, 0.6) is 0 Å². The number of hydrogen-bond donors (Lipinski definition) is 0. The zero-order chi connectivity index (χ0) is 10.6. The van der Waals surface area contributed by atoms with Crippen molar-refractivity contribution in [1.29, 1.82) is 0 Å². The number of methoxy groups -OCH3 is 1. The van der Waals surface area contributed by atoms with E-state index >= 15 is 0 Å².